The second kappa shape index (κ2) is 9.30. The zero-order valence-electron chi connectivity index (χ0n) is 18.4. The molecule has 0 radical (unpaired) electrons. The molecule has 1 amide bonds. The van der Waals surface area contributed by atoms with Gasteiger partial charge in [-0.3, -0.25) is 4.79 Å². The van der Waals surface area contributed by atoms with E-state index in [9.17, 15) is 13.2 Å². The Morgan fingerprint density at radius 3 is 2.59 bits per heavy atom. The average Bonchev–Trinajstić information content (AvgIpc) is 3.52. The van der Waals surface area contributed by atoms with Crippen molar-refractivity contribution in [3.8, 4) is 5.69 Å². The molecule has 0 atom stereocenters. The zero-order chi connectivity index (χ0) is 22.7. The molecule has 2 aromatic heterocycles. The number of furan rings is 1. The summed E-state index contributed by atoms with van der Waals surface area (Å²) in [6.45, 7) is 5.01. The molecule has 1 aliphatic rings. The fourth-order valence-electron chi connectivity index (χ4n) is 3.92. The number of aryl methyl sites for hydroxylation is 3. The minimum Gasteiger partial charge on any atom is -0.455 e. The summed E-state index contributed by atoms with van der Waals surface area (Å²) < 4.78 is 34.3. The lowest BCUT2D eigenvalue weighted by atomic mass is 10.1. The number of hydrogen-bond donors (Lipinski definition) is 1. The SMILES string of the molecule is Cc1nn(-c2ccccc2)cc1CCCNC(=O)c1cc(S(=O)(=O)N2CCCC2)c(C)o1. The van der Waals surface area contributed by atoms with Gasteiger partial charge in [0.2, 0.25) is 10.0 Å². The van der Waals surface area contributed by atoms with Crippen molar-refractivity contribution in [2.75, 3.05) is 19.6 Å². The summed E-state index contributed by atoms with van der Waals surface area (Å²) in [5.41, 5.74) is 3.08. The number of carbonyl (C=O) groups is 1. The zero-order valence-corrected chi connectivity index (χ0v) is 19.2. The predicted molar refractivity (Wildman–Crippen MR) is 120 cm³/mol. The van der Waals surface area contributed by atoms with Crippen molar-refractivity contribution in [1.82, 2.24) is 19.4 Å². The van der Waals surface area contributed by atoms with Crippen molar-refractivity contribution >= 4 is 15.9 Å². The van der Waals surface area contributed by atoms with E-state index in [1.54, 1.807) is 6.92 Å². The van der Waals surface area contributed by atoms with Gasteiger partial charge in [-0.15, -0.1) is 0 Å². The van der Waals surface area contributed by atoms with E-state index in [0.717, 1.165) is 42.6 Å². The normalized spacial score (nSPS) is 14.7. The predicted octanol–water partition coefficient (Wildman–Crippen LogP) is 3.23. The maximum absolute atomic E-state index is 12.8. The molecule has 0 unspecified atom stereocenters. The van der Waals surface area contributed by atoms with Gasteiger partial charge in [0, 0.05) is 31.9 Å². The van der Waals surface area contributed by atoms with E-state index in [0.29, 0.717) is 19.6 Å². The van der Waals surface area contributed by atoms with Crippen LogP contribution in [0.3, 0.4) is 0 Å². The van der Waals surface area contributed by atoms with Gasteiger partial charge in [-0.1, -0.05) is 18.2 Å². The minimum absolute atomic E-state index is 0.0216. The topological polar surface area (TPSA) is 97.4 Å². The highest BCUT2D eigenvalue weighted by Gasteiger charge is 2.31. The third kappa shape index (κ3) is 4.63. The molecule has 8 nitrogen and oxygen atoms in total. The van der Waals surface area contributed by atoms with Gasteiger partial charge in [-0.25, -0.2) is 13.1 Å². The highest BCUT2D eigenvalue weighted by Crippen LogP contribution is 2.26. The summed E-state index contributed by atoms with van der Waals surface area (Å²) in [4.78, 5) is 12.6. The monoisotopic (exact) mass is 456 g/mol. The summed E-state index contributed by atoms with van der Waals surface area (Å²) in [7, 11) is -3.62. The second-order valence-electron chi connectivity index (χ2n) is 8.02. The largest absolute Gasteiger partial charge is 0.455 e. The van der Waals surface area contributed by atoms with Crippen molar-refractivity contribution < 1.29 is 17.6 Å². The number of aromatic nitrogens is 2. The number of carbonyl (C=O) groups excluding carboxylic acids is 1. The van der Waals surface area contributed by atoms with Crippen LogP contribution in [0.5, 0.6) is 0 Å². The summed E-state index contributed by atoms with van der Waals surface area (Å²) in [6.07, 6.45) is 5.22. The molecule has 0 aliphatic carbocycles. The molecule has 3 heterocycles. The number of rotatable bonds is 8. The number of benzene rings is 1. The van der Waals surface area contributed by atoms with E-state index in [2.05, 4.69) is 10.4 Å². The molecule has 1 saturated heterocycles. The summed E-state index contributed by atoms with van der Waals surface area (Å²) >= 11 is 0. The lowest BCUT2D eigenvalue weighted by molar-refractivity contribution is 0.0924. The molecule has 9 heteroatoms. The molecule has 3 aromatic rings. The van der Waals surface area contributed by atoms with Crippen LogP contribution in [0.25, 0.3) is 5.69 Å². The second-order valence-corrected chi connectivity index (χ2v) is 9.93. The van der Waals surface area contributed by atoms with E-state index < -0.39 is 15.9 Å². The van der Waals surface area contributed by atoms with Crippen LogP contribution in [0.1, 0.15) is 46.8 Å². The molecule has 4 rings (SSSR count). The van der Waals surface area contributed by atoms with Gasteiger partial charge in [-0.2, -0.15) is 9.40 Å². The maximum Gasteiger partial charge on any atom is 0.287 e. The van der Waals surface area contributed by atoms with Crippen molar-refractivity contribution in [1.29, 1.82) is 0 Å². The Kier molecular flexibility index (Phi) is 6.48. The van der Waals surface area contributed by atoms with Crippen LogP contribution in [0.2, 0.25) is 0 Å². The fraction of sp³-hybridized carbons (Fsp3) is 0.391. The lowest BCUT2D eigenvalue weighted by Crippen LogP contribution is -2.28. The molecule has 0 bridgehead atoms. The first-order valence-electron chi connectivity index (χ1n) is 10.9. The third-order valence-electron chi connectivity index (χ3n) is 5.71. The number of nitrogens with zero attached hydrogens (tertiary/aromatic N) is 3. The van der Waals surface area contributed by atoms with E-state index in [4.69, 9.17) is 4.42 Å². The van der Waals surface area contributed by atoms with Gasteiger partial charge in [0.25, 0.3) is 5.91 Å². The summed E-state index contributed by atoms with van der Waals surface area (Å²) in [5.74, 6) is -0.146. The Morgan fingerprint density at radius 2 is 1.88 bits per heavy atom. The smallest absolute Gasteiger partial charge is 0.287 e. The summed E-state index contributed by atoms with van der Waals surface area (Å²) in [5, 5.41) is 7.38. The quantitative estimate of drug-likeness (QED) is 0.525. The Morgan fingerprint density at radius 1 is 1.16 bits per heavy atom. The number of para-hydroxylation sites is 1. The standard InChI is InChI=1S/C23H28N4O4S/c1-17-19(16-27(25-17)20-10-4-3-5-11-20)9-8-12-24-23(28)21-15-22(18(2)31-21)32(29,30)26-13-6-7-14-26/h3-5,10-11,15-16H,6-9,12-14H2,1-2H3,(H,24,28). The van der Waals surface area contributed by atoms with Crippen LogP contribution >= 0.6 is 0 Å². The van der Waals surface area contributed by atoms with Crippen LogP contribution < -0.4 is 5.32 Å². The molecular weight excluding hydrogens is 428 g/mol. The average molecular weight is 457 g/mol. The summed E-state index contributed by atoms with van der Waals surface area (Å²) in [6, 6.07) is 11.3. The first-order valence-corrected chi connectivity index (χ1v) is 12.3. The Hall–Kier alpha value is -2.91. The molecular formula is C23H28N4O4S. The molecule has 0 saturated carbocycles. The number of sulfonamides is 1. The van der Waals surface area contributed by atoms with Crippen molar-refractivity contribution in [3.05, 3.63) is 65.4 Å². The number of hydrogen-bond acceptors (Lipinski definition) is 5. The highest BCUT2D eigenvalue weighted by atomic mass is 32.2. The van der Waals surface area contributed by atoms with Crippen LogP contribution in [-0.4, -0.2) is 48.0 Å². The first kappa shape index (κ1) is 22.3. The number of nitrogens with one attached hydrogen (secondary N) is 1. The van der Waals surface area contributed by atoms with Crippen molar-refractivity contribution in [3.63, 3.8) is 0 Å². The fourth-order valence-corrected chi connectivity index (χ4v) is 5.60. The van der Waals surface area contributed by atoms with Crippen LogP contribution in [0.15, 0.2) is 51.9 Å². The lowest BCUT2D eigenvalue weighted by Gasteiger charge is -2.14. The van der Waals surface area contributed by atoms with Crippen molar-refractivity contribution in [2.45, 2.75) is 44.4 Å². The van der Waals surface area contributed by atoms with Gasteiger partial charge in [0.05, 0.1) is 11.4 Å². The Bertz CT molecular complexity index is 1190. The molecule has 1 N–H and O–H groups in total. The van der Waals surface area contributed by atoms with E-state index >= 15 is 0 Å². The van der Waals surface area contributed by atoms with E-state index in [1.165, 1.54) is 10.4 Å². The molecule has 1 aliphatic heterocycles. The molecule has 1 fully saturated rings. The minimum atomic E-state index is -3.62. The van der Waals surface area contributed by atoms with Crippen LogP contribution in [0.4, 0.5) is 0 Å². The van der Waals surface area contributed by atoms with Gasteiger partial charge in [0.15, 0.2) is 5.76 Å². The first-order chi connectivity index (χ1) is 15.4. The van der Waals surface area contributed by atoms with Gasteiger partial charge >= 0.3 is 0 Å². The number of amides is 1. The third-order valence-corrected chi connectivity index (χ3v) is 7.71. The maximum atomic E-state index is 12.8. The highest BCUT2D eigenvalue weighted by molar-refractivity contribution is 7.89. The van der Waals surface area contributed by atoms with Crippen LogP contribution in [-0.2, 0) is 16.4 Å². The van der Waals surface area contributed by atoms with E-state index in [-0.39, 0.29) is 16.4 Å². The Labute approximate surface area is 188 Å². The van der Waals surface area contributed by atoms with E-state index in [1.807, 2.05) is 48.1 Å². The van der Waals surface area contributed by atoms with Gasteiger partial charge < -0.3 is 9.73 Å². The van der Waals surface area contributed by atoms with Gasteiger partial charge in [-0.05, 0) is 57.2 Å². The van der Waals surface area contributed by atoms with Crippen LogP contribution in [0, 0.1) is 13.8 Å². The molecule has 1 aromatic carbocycles. The Balaban J connectivity index is 1.33. The molecule has 0 spiro atoms. The molecule has 32 heavy (non-hydrogen) atoms. The van der Waals surface area contributed by atoms with Crippen molar-refractivity contribution in [2.24, 2.45) is 0 Å². The van der Waals surface area contributed by atoms with Gasteiger partial charge in [0.1, 0.15) is 10.7 Å². The molecule has 170 valence electrons.